The van der Waals surface area contributed by atoms with E-state index in [2.05, 4.69) is 0 Å². The van der Waals surface area contributed by atoms with Gasteiger partial charge in [-0.3, -0.25) is 4.79 Å². The van der Waals surface area contributed by atoms with Crippen LogP contribution in [0.25, 0.3) is 0 Å². The molecule has 2 rings (SSSR count). The molecule has 2 aliphatic rings. The Morgan fingerprint density at radius 3 is 2.56 bits per heavy atom. The minimum atomic E-state index is -0.872. The van der Waals surface area contributed by atoms with Crippen molar-refractivity contribution in [3.63, 3.8) is 0 Å². The summed E-state index contributed by atoms with van der Waals surface area (Å²) in [5.41, 5.74) is 5.90. The van der Waals surface area contributed by atoms with E-state index in [1.54, 1.807) is 4.90 Å². The Morgan fingerprint density at radius 1 is 1.11 bits per heavy atom. The number of carboxylic acid groups (broad SMARTS) is 1. The summed E-state index contributed by atoms with van der Waals surface area (Å²) in [6.07, 6.45) is 5.91. The Hall–Kier alpha value is -1.10. The first-order valence-corrected chi connectivity index (χ1v) is 6.88. The molecule has 2 fully saturated rings. The fourth-order valence-electron chi connectivity index (χ4n) is 3.14. The van der Waals surface area contributed by atoms with Crippen LogP contribution < -0.4 is 5.73 Å². The smallest absolute Gasteiger partial charge is 0.326 e. The predicted octanol–water partition coefficient (Wildman–Crippen LogP) is 0.970. The van der Waals surface area contributed by atoms with Gasteiger partial charge in [-0.1, -0.05) is 6.42 Å². The topological polar surface area (TPSA) is 83.6 Å². The molecule has 3 N–H and O–H groups in total. The molecule has 5 nitrogen and oxygen atoms in total. The molecule has 5 heteroatoms. The van der Waals surface area contributed by atoms with E-state index in [9.17, 15) is 14.7 Å². The average molecular weight is 254 g/mol. The predicted molar refractivity (Wildman–Crippen MR) is 66.9 cm³/mol. The number of likely N-dealkylation sites (tertiary alicyclic amines) is 1. The van der Waals surface area contributed by atoms with Crippen LogP contribution in [0.4, 0.5) is 0 Å². The van der Waals surface area contributed by atoms with Gasteiger partial charge in [0.05, 0.1) is 0 Å². The van der Waals surface area contributed by atoms with Crippen LogP contribution in [-0.4, -0.2) is 40.5 Å². The zero-order valence-corrected chi connectivity index (χ0v) is 10.7. The molecule has 0 radical (unpaired) electrons. The number of rotatable bonds is 2. The summed E-state index contributed by atoms with van der Waals surface area (Å²) in [5, 5.41) is 9.19. The standard InChI is InChI=1S/C13H22N2O3/c14-10-5-3-4-9(8-10)12(16)15-7-2-1-6-11(15)13(17)18/h9-11H,1-8,14H2,(H,17,18)/t9?,10?,11-/m0/s1. The molecule has 0 bridgehead atoms. The molecule has 18 heavy (non-hydrogen) atoms. The number of aliphatic carboxylic acids is 1. The van der Waals surface area contributed by atoms with Gasteiger partial charge in [-0.25, -0.2) is 4.79 Å². The van der Waals surface area contributed by atoms with Gasteiger partial charge in [-0.05, 0) is 38.5 Å². The van der Waals surface area contributed by atoms with Crippen LogP contribution >= 0.6 is 0 Å². The first-order valence-electron chi connectivity index (χ1n) is 6.88. The van der Waals surface area contributed by atoms with E-state index in [1.165, 1.54) is 0 Å². The zero-order chi connectivity index (χ0) is 13.1. The number of hydrogen-bond acceptors (Lipinski definition) is 3. The number of carboxylic acids is 1. The van der Waals surface area contributed by atoms with Crippen molar-refractivity contribution >= 4 is 11.9 Å². The summed E-state index contributed by atoms with van der Waals surface area (Å²) in [6, 6.07) is -0.523. The maximum absolute atomic E-state index is 12.4. The highest BCUT2D eigenvalue weighted by Gasteiger charge is 2.36. The lowest BCUT2D eigenvalue weighted by Gasteiger charge is -2.37. The van der Waals surface area contributed by atoms with Crippen molar-refractivity contribution in [1.29, 1.82) is 0 Å². The zero-order valence-electron chi connectivity index (χ0n) is 10.7. The van der Waals surface area contributed by atoms with Crippen LogP contribution in [0.3, 0.4) is 0 Å². The lowest BCUT2D eigenvalue weighted by atomic mass is 9.84. The van der Waals surface area contributed by atoms with E-state index in [0.29, 0.717) is 19.4 Å². The van der Waals surface area contributed by atoms with Crippen molar-refractivity contribution in [2.75, 3.05) is 6.54 Å². The first-order chi connectivity index (χ1) is 8.59. The third-order valence-electron chi connectivity index (χ3n) is 4.13. The Labute approximate surface area is 107 Å². The van der Waals surface area contributed by atoms with E-state index < -0.39 is 12.0 Å². The van der Waals surface area contributed by atoms with Crippen LogP contribution in [0.1, 0.15) is 44.9 Å². The van der Waals surface area contributed by atoms with Gasteiger partial charge in [-0.2, -0.15) is 0 Å². The number of amides is 1. The number of hydrogen-bond donors (Lipinski definition) is 2. The Bertz CT molecular complexity index is 332. The fraction of sp³-hybridized carbons (Fsp3) is 0.846. The SMILES string of the molecule is NC1CCCC(C(=O)N2CCCC[C@H]2C(=O)O)C1. The van der Waals surface area contributed by atoms with Crippen LogP contribution in [0.5, 0.6) is 0 Å². The lowest BCUT2D eigenvalue weighted by Crippen LogP contribution is -2.51. The Morgan fingerprint density at radius 2 is 1.89 bits per heavy atom. The molecular weight excluding hydrogens is 232 g/mol. The second kappa shape index (κ2) is 5.69. The highest BCUT2D eigenvalue weighted by molar-refractivity contribution is 5.85. The van der Waals surface area contributed by atoms with E-state index in [4.69, 9.17) is 5.73 Å². The van der Waals surface area contributed by atoms with Crippen molar-refractivity contribution in [2.45, 2.75) is 57.0 Å². The quantitative estimate of drug-likeness (QED) is 0.769. The molecule has 0 aromatic carbocycles. The summed E-state index contributed by atoms with van der Waals surface area (Å²) in [6.45, 7) is 0.585. The first kappa shape index (κ1) is 13.3. The average Bonchev–Trinajstić information content (AvgIpc) is 2.38. The maximum Gasteiger partial charge on any atom is 0.326 e. The number of nitrogens with two attached hydrogens (primary N) is 1. The summed E-state index contributed by atoms with van der Waals surface area (Å²) < 4.78 is 0. The van der Waals surface area contributed by atoms with Gasteiger partial charge < -0.3 is 15.7 Å². The van der Waals surface area contributed by atoms with Gasteiger partial charge in [0.2, 0.25) is 5.91 Å². The normalized spacial score (nSPS) is 33.2. The minimum Gasteiger partial charge on any atom is -0.480 e. The van der Waals surface area contributed by atoms with Crippen LogP contribution in [0.2, 0.25) is 0 Å². The molecule has 1 amide bonds. The van der Waals surface area contributed by atoms with Crippen molar-refractivity contribution in [3.8, 4) is 0 Å². The molecule has 1 saturated heterocycles. The van der Waals surface area contributed by atoms with Crippen molar-refractivity contribution in [1.82, 2.24) is 4.90 Å². The van der Waals surface area contributed by atoms with E-state index in [-0.39, 0.29) is 17.9 Å². The molecule has 1 heterocycles. The van der Waals surface area contributed by atoms with Gasteiger partial charge in [-0.15, -0.1) is 0 Å². The molecule has 1 saturated carbocycles. The number of piperidine rings is 1. The second-order valence-corrected chi connectivity index (χ2v) is 5.51. The summed E-state index contributed by atoms with van der Waals surface area (Å²) in [5.74, 6) is -0.922. The van der Waals surface area contributed by atoms with Gasteiger partial charge >= 0.3 is 5.97 Å². The largest absolute Gasteiger partial charge is 0.480 e. The fourth-order valence-corrected chi connectivity index (χ4v) is 3.14. The van der Waals surface area contributed by atoms with Crippen LogP contribution in [-0.2, 0) is 9.59 Å². The van der Waals surface area contributed by atoms with E-state index >= 15 is 0 Å². The lowest BCUT2D eigenvalue weighted by molar-refractivity contribution is -0.154. The van der Waals surface area contributed by atoms with E-state index in [0.717, 1.165) is 32.1 Å². The summed E-state index contributed by atoms with van der Waals surface area (Å²) in [7, 11) is 0. The highest BCUT2D eigenvalue weighted by Crippen LogP contribution is 2.28. The molecule has 0 aromatic heterocycles. The van der Waals surface area contributed by atoms with E-state index in [1.807, 2.05) is 0 Å². The maximum atomic E-state index is 12.4. The Kier molecular flexibility index (Phi) is 4.22. The number of nitrogens with zero attached hydrogens (tertiary/aromatic N) is 1. The van der Waals surface area contributed by atoms with Crippen molar-refractivity contribution in [2.24, 2.45) is 11.7 Å². The molecular formula is C13H22N2O3. The number of carbonyl (C=O) groups excluding carboxylic acids is 1. The second-order valence-electron chi connectivity index (χ2n) is 5.51. The third-order valence-corrected chi connectivity index (χ3v) is 4.13. The van der Waals surface area contributed by atoms with Gasteiger partial charge in [0, 0.05) is 18.5 Å². The van der Waals surface area contributed by atoms with Crippen molar-refractivity contribution < 1.29 is 14.7 Å². The molecule has 1 aliphatic heterocycles. The molecule has 3 atom stereocenters. The molecule has 0 aromatic rings. The van der Waals surface area contributed by atoms with Crippen LogP contribution in [0, 0.1) is 5.92 Å². The van der Waals surface area contributed by atoms with Gasteiger partial charge in [0.1, 0.15) is 6.04 Å². The molecule has 2 unspecified atom stereocenters. The highest BCUT2D eigenvalue weighted by atomic mass is 16.4. The third kappa shape index (κ3) is 2.83. The monoisotopic (exact) mass is 254 g/mol. The van der Waals surface area contributed by atoms with Crippen molar-refractivity contribution in [3.05, 3.63) is 0 Å². The molecule has 102 valence electrons. The Balaban J connectivity index is 2.03. The van der Waals surface area contributed by atoms with Gasteiger partial charge in [0.15, 0.2) is 0 Å². The van der Waals surface area contributed by atoms with Crippen LogP contribution in [0.15, 0.2) is 0 Å². The summed E-state index contributed by atoms with van der Waals surface area (Å²) in [4.78, 5) is 25.2. The minimum absolute atomic E-state index is 0.0113. The molecule has 1 aliphatic carbocycles. The number of carbonyl (C=O) groups is 2. The summed E-state index contributed by atoms with van der Waals surface area (Å²) >= 11 is 0. The molecule has 0 spiro atoms. The van der Waals surface area contributed by atoms with Gasteiger partial charge in [0.25, 0.3) is 0 Å².